The zero-order valence-electron chi connectivity index (χ0n) is 11.7. The molecule has 0 amide bonds. The summed E-state index contributed by atoms with van der Waals surface area (Å²) < 4.78 is 53.7. The Morgan fingerprint density at radius 2 is 1.55 bits per heavy atom. The second-order valence-electron chi connectivity index (χ2n) is 5.60. The maximum atomic E-state index is 13.7. The summed E-state index contributed by atoms with van der Waals surface area (Å²) in [6.07, 6.45) is 0. The van der Waals surface area contributed by atoms with Gasteiger partial charge >= 0.3 is 0 Å². The Kier molecular flexibility index (Phi) is 4.15. The first-order valence-corrected chi connectivity index (χ1v) is 7.27. The topological polar surface area (TPSA) is 92.4 Å². The highest BCUT2D eigenvalue weighted by atomic mass is 32.2. The fourth-order valence-electron chi connectivity index (χ4n) is 1.35. The maximum Gasteiger partial charge on any atom is 0.247 e. The molecule has 0 spiro atoms. The first-order valence-electron chi connectivity index (χ1n) is 5.79. The van der Waals surface area contributed by atoms with Crippen LogP contribution in [-0.4, -0.2) is 24.7 Å². The van der Waals surface area contributed by atoms with Crippen LogP contribution in [0.1, 0.15) is 27.7 Å². The highest BCUT2D eigenvalue weighted by Gasteiger charge is 2.40. The van der Waals surface area contributed by atoms with Crippen LogP contribution >= 0.6 is 0 Å². The van der Waals surface area contributed by atoms with Gasteiger partial charge in [0.2, 0.25) is 10.0 Å². The van der Waals surface area contributed by atoms with Gasteiger partial charge in [0.25, 0.3) is 0 Å². The summed E-state index contributed by atoms with van der Waals surface area (Å²) in [6, 6.07) is 1.43. The molecule has 0 aliphatic carbocycles. The Hall–Kier alpha value is -1.25. The molecule has 0 radical (unpaired) electrons. The van der Waals surface area contributed by atoms with Crippen molar-refractivity contribution < 1.29 is 22.3 Å². The molecule has 0 aliphatic rings. The minimum atomic E-state index is -4.49. The average molecular weight is 308 g/mol. The van der Waals surface area contributed by atoms with Crippen molar-refractivity contribution in [3.63, 3.8) is 0 Å². The van der Waals surface area contributed by atoms with Gasteiger partial charge in [0.1, 0.15) is 11.6 Å². The average Bonchev–Trinajstić information content (AvgIpc) is 2.09. The third-order valence-corrected chi connectivity index (χ3v) is 4.91. The lowest BCUT2D eigenvalue weighted by Crippen LogP contribution is -2.57. The molecule has 1 rings (SSSR count). The molecule has 0 aliphatic heterocycles. The molecule has 20 heavy (non-hydrogen) atoms. The number of aliphatic hydroxyl groups is 1. The fraction of sp³-hybridized carbons (Fsp3) is 0.500. The maximum absolute atomic E-state index is 13.7. The lowest BCUT2D eigenvalue weighted by Gasteiger charge is -2.37. The first kappa shape index (κ1) is 16.8. The number of benzene rings is 1. The van der Waals surface area contributed by atoms with Gasteiger partial charge < -0.3 is 10.8 Å². The summed E-state index contributed by atoms with van der Waals surface area (Å²) in [6.45, 7) is 5.56. The van der Waals surface area contributed by atoms with Gasteiger partial charge in [-0.3, -0.25) is 0 Å². The number of sulfonamides is 1. The number of halogens is 2. The molecule has 5 nitrogen and oxygen atoms in total. The van der Waals surface area contributed by atoms with Gasteiger partial charge in [-0.25, -0.2) is 21.9 Å². The quantitative estimate of drug-likeness (QED) is 0.733. The molecule has 0 heterocycles. The molecule has 4 N–H and O–H groups in total. The minimum absolute atomic E-state index is 0.222. The highest BCUT2D eigenvalue weighted by molar-refractivity contribution is 7.89. The molecule has 0 saturated heterocycles. The van der Waals surface area contributed by atoms with E-state index in [4.69, 9.17) is 5.73 Å². The smallest absolute Gasteiger partial charge is 0.247 e. The zero-order valence-corrected chi connectivity index (χ0v) is 12.5. The van der Waals surface area contributed by atoms with Crippen molar-refractivity contribution in [3.05, 3.63) is 23.8 Å². The molecule has 1 aromatic carbocycles. The van der Waals surface area contributed by atoms with E-state index in [1.807, 2.05) is 0 Å². The largest absolute Gasteiger partial charge is 0.399 e. The van der Waals surface area contributed by atoms with Gasteiger partial charge in [-0.2, -0.15) is 0 Å². The number of rotatable bonds is 4. The zero-order chi connectivity index (χ0) is 15.9. The lowest BCUT2D eigenvalue weighted by atomic mass is 9.87. The normalized spacial score (nSPS) is 13.6. The number of hydrogen-bond donors (Lipinski definition) is 3. The fourth-order valence-corrected chi connectivity index (χ4v) is 3.00. The van der Waals surface area contributed by atoms with Crippen molar-refractivity contribution in [2.45, 2.75) is 43.7 Å². The Morgan fingerprint density at radius 3 is 1.90 bits per heavy atom. The summed E-state index contributed by atoms with van der Waals surface area (Å²) in [5.41, 5.74) is 2.23. The first-order chi connectivity index (χ1) is 8.78. The summed E-state index contributed by atoms with van der Waals surface area (Å²) in [5.74, 6) is -2.58. The molecule has 1 aromatic rings. The van der Waals surface area contributed by atoms with Crippen LogP contribution in [0.5, 0.6) is 0 Å². The minimum Gasteiger partial charge on any atom is -0.399 e. The van der Waals surface area contributed by atoms with E-state index in [0.717, 1.165) is 0 Å². The van der Waals surface area contributed by atoms with Crippen LogP contribution in [0, 0.1) is 11.6 Å². The van der Waals surface area contributed by atoms with Crippen molar-refractivity contribution in [1.82, 2.24) is 4.72 Å². The second-order valence-corrected chi connectivity index (χ2v) is 7.22. The number of anilines is 1. The van der Waals surface area contributed by atoms with E-state index in [-0.39, 0.29) is 5.69 Å². The van der Waals surface area contributed by atoms with Crippen LogP contribution in [0.15, 0.2) is 17.0 Å². The van der Waals surface area contributed by atoms with E-state index in [2.05, 4.69) is 4.72 Å². The SMILES string of the molecule is CC(C)(O)C(C)(C)NS(=O)(=O)c1c(F)cc(N)cc1F. The van der Waals surface area contributed by atoms with Crippen LogP contribution < -0.4 is 10.5 Å². The molecule has 0 aromatic heterocycles. The second kappa shape index (κ2) is 4.94. The van der Waals surface area contributed by atoms with Gasteiger partial charge in [0, 0.05) is 5.69 Å². The standard InChI is InChI=1S/C12H18F2N2O3S/c1-11(2,12(3,4)17)16-20(18,19)10-8(13)5-7(15)6-9(10)14/h5-6,16-17H,15H2,1-4H3. The van der Waals surface area contributed by atoms with Crippen molar-refractivity contribution in [2.24, 2.45) is 0 Å². The summed E-state index contributed by atoms with van der Waals surface area (Å²) in [5, 5.41) is 9.90. The molecular weight excluding hydrogens is 290 g/mol. The van der Waals surface area contributed by atoms with Gasteiger partial charge in [-0.05, 0) is 39.8 Å². The van der Waals surface area contributed by atoms with Gasteiger partial charge in [0.05, 0.1) is 11.1 Å². The molecule has 0 saturated carbocycles. The van der Waals surface area contributed by atoms with E-state index in [9.17, 15) is 22.3 Å². The van der Waals surface area contributed by atoms with Gasteiger partial charge in [0.15, 0.2) is 4.90 Å². The van der Waals surface area contributed by atoms with E-state index in [1.54, 1.807) is 0 Å². The molecule has 0 atom stereocenters. The number of nitrogens with two attached hydrogens (primary N) is 1. The Bertz CT molecular complexity index is 599. The van der Waals surface area contributed by atoms with E-state index in [1.165, 1.54) is 27.7 Å². The molecule has 8 heteroatoms. The monoisotopic (exact) mass is 308 g/mol. The van der Waals surface area contributed by atoms with Crippen LogP contribution in [-0.2, 0) is 10.0 Å². The van der Waals surface area contributed by atoms with Crippen molar-refractivity contribution >= 4 is 15.7 Å². The number of nitrogen functional groups attached to an aromatic ring is 1. The lowest BCUT2D eigenvalue weighted by molar-refractivity contribution is 0.00633. The van der Waals surface area contributed by atoms with E-state index in [0.29, 0.717) is 12.1 Å². The molecular formula is C12H18F2N2O3S. The Morgan fingerprint density at radius 1 is 1.15 bits per heavy atom. The van der Waals surface area contributed by atoms with Crippen LogP contribution in [0.4, 0.5) is 14.5 Å². The van der Waals surface area contributed by atoms with E-state index >= 15 is 0 Å². The molecule has 0 unspecified atom stereocenters. The van der Waals surface area contributed by atoms with E-state index < -0.39 is 37.7 Å². The van der Waals surface area contributed by atoms with Crippen LogP contribution in [0.3, 0.4) is 0 Å². The summed E-state index contributed by atoms with van der Waals surface area (Å²) >= 11 is 0. The Labute approximate surface area is 116 Å². The number of nitrogens with one attached hydrogen (secondary N) is 1. The van der Waals surface area contributed by atoms with Crippen molar-refractivity contribution in [2.75, 3.05) is 5.73 Å². The van der Waals surface area contributed by atoms with Gasteiger partial charge in [-0.15, -0.1) is 0 Å². The Balaban J connectivity index is 3.34. The van der Waals surface area contributed by atoms with Crippen LogP contribution in [0.2, 0.25) is 0 Å². The van der Waals surface area contributed by atoms with Gasteiger partial charge in [-0.1, -0.05) is 0 Å². The molecule has 114 valence electrons. The van der Waals surface area contributed by atoms with Crippen LogP contribution in [0.25, 0.3) is 0 Å². The highest BCUT2D eigenvalue weighted by Crippen LogP contribution is 2.26. The third-order valence-electron chi connectivity index (χ3n) is 3.21. The molecule has 0 fully saturated rings. The molecule has 0 bridgehead atoms. The van der Waals surface area contributed by atoms with Crippen molar-refractivity contribution in [3.8, 4) is 0 Å². The summed E-state index contributed by atoms with van der Waals surface area (Å²) in [4.78, 5) is -1.12. The summed E-state index contributed by atoms with van der Waals surface area (Å²) in [7, 11) is -4.49. The number of hydrogen-bond acceptors (Lipinski definition) is 4. The predicted octanol–water partition coefficient (Wildman–Crippen LogP) is 1.37. The third kappa shape index (κ3) is 3.25. The van der Waals surface area contributed by atoms with Crippen molar-refractivity contribution in [1.29, 1.82) is 0 Å². The predicted molar refractivity (Wildman–Crippen MR) is 71.5 cm³/mol.